The van der Waals surface area contributed by atoms with Gasteiger partial charge in [0.1, 0.15) is 11.5 Å². The topological polar surface area (TPSA) is 48.4 Å². The van der Waals surface area contributed by atoms with E-state index in [1.807, 2.05) is 19.1 Å². The highest BCUT2D eigenvalue weighted by molar-refractivity contribution is 5.71. The Morgan fingerprint density at radius 1 is 1.18 bits per heavy atom. The summed E-state index contributed by atoms with van der Waals surface area (Å²) >= 11 is 0. The molecule has 90 valence electrons. The van der Waals surface area contributed by atoms with E-state index < -0.39 is 0 Å². The molecule has 2 rings (SSSR count). The molecule has 0 spiro atoms. The Bertz CT molecular complexity index is 529. The number of aryl methyl sites for hydroxylation is 2. The van der Waals surface area contributed by atoms with Crippen molar-refractivity contribution in [2.45, 2.75) is 20.4 Å². The minimum absolute atomic E-state index is 0.410. The van der Waals surface area contributed by atoms with Crippen LogP contribution < -0.4 is 10.5 Å². The van der Waals surface area contributed by atoms with Gasteiger partial charge in [0.25, 0.3) is 0 Å². The fourth-order valence-corrected chi connectivity index (χ4v) is 2.04. The number of ether oxygens (including phenoxy) is 1. The lowest BCUT2D eigenvalue weighted by Crippen LogP contribution is -1.97. The van der Waals surface area contributed by atoms with Gasteiger partial charge in [0, 0.05) is 5.56 Å². The second-order valence-electron chi connectivity index (χ2n) is 4.10. The van der Waals surface area contributed by atoms with E-state index in [9.17, 15) is 0 Å². The molecule has 1 heterocycles. The van der Waals surface area contributed by atoms with Gasteiger partial charge in [-0.3, -0.25) is 0 Å². The lowest BCUT2D eigenvalue weighted by molar-refractivity contribution is 0.411. The van der Waals surface area contributed by atoms with Crippen LogP contribution in [0.3, 0.4) is 0 Å². The molecule has 0 radical (unpaired) electrons. The van der Waals surface area contributed by atoms with Gasteiger partial charge in [0.15, 0.2) is 0 Å². The molecule has 0 bridgehead atoms. The van der Waals surface area contributed by atoms with E-state index in [1.165, 1.54) is 0 Å². The number of hydrogen-bond donors (Lipinski definition) is 1. The van der Waals surface area contributed by atoms with Crippen LogP contribution in [0.4, 0.5) is 0 Å². The minimum Gasteiger partial charge on any atom is -0.496 e. The molecular weight excluding hydrogens is 214 g/mol. The van der Waals surface area contributed by atoms with E-state index in [4.69, 9.17) is 14.9 Å². The molecule has 0 saturated heterocycles. The second kappa shape index (κ2) is 4.63. The minimum atomic E-state index is 0.410. The number of benzene rings is 1. The molecule has 3 heteroatoms. The van der Waals surface area contributed by atoms with Gasteiger partial charge in [-0.1, -0.05) is 0 Å². The van der Waals surface area contributed by atoms with Crippen LogP contribution in [0.1, 0.15) is 16.9 Å². The zero-order valence-electron chi connectivity index (χ0n) is 10.4. The number of rotatable bonds is 3. The van der Waals surface area contributed by atoms with Gasteiger partial charge >= 0.3 is 0 Å². The molecule has 2 aromatic rings. The molecular formula is C14H17NO2. The fourth-order valence-electron chi connectivity index (χ4n) is 2.04. The number of nitrogens with two attached hydrogens (primary N) is 1. The molecule has 1 aromatic heterocycles. The molecule has 1 aromatic carbocycles. The van der Waals surface area contributed by atoms with Crippen molar-refractivity contribution < 1.29 is 9.15 Å². The smallest absolute Gasteiger partial charge is 0.125 e. The zero-order chi connectivity index (χ0) is 12.4. The van der Waals surface area contributed by atoms with Crippen molar-refractivity contribution in [2.75, 3.05) is 7.11 Å². The van der Waals surface area contributed by atoms with Crippen LogP contribution >= 0.6 is 0 Å². The maximum Gasteiger partial charge on any atom is 0.125 e. The van der Waals surface area contributed by atoms with Crippen molar-refractivity contribution in [3.05, 3.63) is 41.3 Å². The first-order valence-corrected chi connectivity index (χ1v) is 5.59. The standard InChI is InChI=1S/C14H17NO2/c1-9-7-13(16-3)10(2)6-12(9)11-4-5-17-14(11)8-15/h4-7H,8,15H2,1-3H3. The maximum absolute atomic E-state index is 5.66. The van der Waals surface area contributed by atoms with Gasteiger partial charge in [0.2, 0.25) is 0 Å². The van der Waals surface area contributed by atoms with E-state index >= 15 is 0 Å². The Kier molecular flexibility index (Phi) is 3.20. The molecule has 0 aliphatic heterocycles. The molecule has 3 nitrogen and oxygen atoms in total. The normalized spacial score (nSPS) is 10.6. The zero-order valence-corrected chi connectivity index (χ0v) is 10.4. The van der Waals surface area contributed by atoms with Crippen LogP contribution in [0.25, 0.3) is 11.1 Å². The Morgan fingerprint density at radius 2 is 1.94 bits per heavy atom. The highest BCUT2D eigenvalue weighted by Crippen LogP contribution is 2.32. The van der Waals surface area contributed by atoms with E-state index in [1.54, 1.807) is 13.4 Å². The summed E-state index contributed by atoms with van der Waals surface area (Å²) in [5.74, 6) is 1.72. The van der Waals surface area contributed by atoms with Crippen molar-refractivity contribution in [3.63, 3.8) is 0 Å². The van der Waals surface area contributed by atoms with Crippen LogP contribution in [-0.2, 0) is 6.54 Å². The summed E-state index contributed by atoms with van der Waals surface area (Å²) in [5, 5.41) is 0. The van der Waals surface area contributed by atoms with Crippen molar-refractivity contribution in [1.82, 2.24) is 0 Å². The first kappa shape index (κ1) is 11.7. The monoisotopic (exact) mass is 231 g/mol. The summed E-state index contributed by atoms with van der Waals surface area (Å²) in [6.45, 7) is 4.50. The Hall–Kier alpha value is -1.74. The van der Waals surface area contributed by atoms with Crippen molar-refractivity contribution in [3.8, 4) is 16.9 Å². The number of hydrogen-bond acceptors (Lipinski definition) is 3. The fraction of sp³-hybridized carbons (Fsp3) is 0.286. The molecule has 0 atom stereocenters. The quantitative estimate of drug-likeness (QED) is 0.883. The highest BCUT2D eigenvalue weighted by Gasteiger charge is 2.12. The summed E-state index contributed by atoms with van der Waals surface area (Å²) in [7, 11) is 1.69. The van der Waals surface area contributed by atoms with Crippen LogP contribution in [0.15, 0.2) is 28.9 Å². The maximum atomic E-state index is 5.66. The summed E-state index contributed by atoms with van der Waals surface area (Å²) in [5.41, 5.74) is 10.1. The molecule has 0 aliphatic rings. The van der Waals surface area contributed by atoms with Crippen LogP contribution in [0.5, 0.6) is 5.75 Å². The van der Waals surface area contributed by atoms with Crippen molar-refractivity contribution in [1.29, 1.82) is 0 Å². The van der Waals surface area contributed by atoms with Crippen LogP contribution in [0, 0.1) is 13.8 Å². The third kappa shape index (κ3) is 2.06. The lowest BCUT2D eigenvalue weighted by atomic mass is 9.98. The van der Waals surface area contributed by atoms with Gasteiger partial charge in [-0.15, -0.1) is 0 Å². The van der Waals surface area contributed by atoms with E-state index in [0.29, 0.717) is 6.54 Å². The Balaban J connectivity index is 2.56. The molecule has 0 fully saturated rings. The predicted octanol–water partition coefficient (Wildman–Crippen LogP) is 3.03. The van der Waals surface area contributed by atoms with Crippen molar-refractivity contribution >= 4 is 0 Å². The highest BCUT2D eigenvalue weighted by atomic mass is 16.5. The molecule has 0 amide bonds. The van der Waals surface area contributed by atoms with E-state index in [0.717, 1.165) is 33.8 Å². The molecule has 0 unspecified atom stereocenters. The predicted molar refractivity (Wildman–Crippen MR) is 68.1 cm³/mol. The van der Waals surface area contributed by atoms with Gasteiger partial charge in [-0.2, -0.15) is 0 Å². The Labute approximate surface area is 101 Å². The van der Waals surface area contributed by atoms with Gasteiger partial charge in [-0.25, -0.2) is 0 Å². The third-order valence-electron chi connectivity index (χ3n) is 2.96. The van der Waals surface area contributed by atoms with E-state index in [-0.39, 0.29) is 0 Å². The SMILES string of the molecule is COc1cc(C)c(-c2ccoc2CN)cc1C. The first-order valence-electron chi connectivity index (χ1n) is 5.59. The number of furan rings is 1. The summed E-state index contributed by atoms with van der Waals surface area (Å²) in [4.78, 5) is 0. The Morgan fingerprint density at radius 3 is 2.59 bits per heavy atom. The van der Waals surface area contributed by atoms with Crippen LogP contribution in [0.2, 0.25) is 0 Å². The van der Waals surface area contributed by atoms with Gasteiger partial charge in [0.05, 0.1) is 19.9 Å². The first-order chi connectivity index (χ1) is 8.17. The molecule has 17 heavy (non-hydrogen) atoms. The average molecular weight is 231 g/mol. The molecule has 2 N–H and O–H groups in total. The summed E-state index contributed by atoms with van der Waals surface area (Å²) in [6, 6.07) is 6.10. The van der Waals surface area contributed by atoms with Gasteiger partial charge in [-0.05, 0) is 48.7 Å². The average Bonchev–Trinajstić information content (AvgIpc) is 2.79. The lowest BCUT2D eigenvalue weighted by Gasteiger charge is -2.11. The molecule has 0 aliphatic carbocycles. The largest absolute Gasteiger partial charge is 0.496 e. The second-order valence-corrected chi connectivity index (χ2v) is 4.10. The van der Waals surface area contributed by atoms with E-state index in [2.05, 4.69) is 13.0 Å². The van der Waals surface area contributed by atoms with Crippen molar-refractivity contribution in [2.24, 2.45) is 5.73 Å². The summed E-state index contributed by atoms with van der Waals surface area (Å²) in [6.07, 6.45) is 1.68. The number of methoxy groups -OCH3 is 1. The van der Waals surface area contributed by atoms with Gasteiger partial charge < -0.3 is 14.9 Å². The molecule has 0 saturated carbocycles. The third-order valence-corrected chi connectivity index (χ3v) is 2.96. The van der Waals surface area contributed by atoms with Crippen LogP contribution in [-0.4, -0.2) is 7.11 Å². The summed E-state index contributed by atoms with van der Waals surface area (Å²) < 4.78 is 10.7.